The van der Waals surface area contributed by atoms with Crippen LogP contribution < -0.4 is 16.4 Å². The van der Waals surface area contributed by atoms with E-state index in [2.05, 4.69) is 10.6 Å². The number of carboxylic acid groups (broad SMARTS) is 1. The van der Waals surface area contributed by atoms with Gasteiger partial charge in [0, 0.05) is 6.04 Å². The molecule has 204 valence electrons. The molecule has 11 heteroatoms. The molecule has 3 amide bonds. The van der Waals surface area contributed by atoms with Crippen LogP contribution in [0.25, 0.3) is 0 Å². The van der Waals surface area contributed by atoms with E-state index in [1.165, 1.54) is 4.90 Å². The van der Waals surface area contributed by atoms with Crippen molar-refractivity contribution >= 4 is 29.5 Å². The zero-order chi connectivity index (χ0) is 28.1. The predicted octanol–water partition coefficient (Wildman–Crippen LogP) is 0.484. The first kappa shape index (κ1) is 30.1. The third kappa shape index (κ3) is 9.75. The third-order valence-electron chi connectivity index (χ3n) is 6.04. The number of hydrogen-bond donors (Lipinski definition) is 4. The molecular formula is C27H35N5O6. The summed E-state index contributed by atoms with van der Waals surface area (Å²) in [5, 5.41) is 13.6. The Bertz CT molecular complexity index is 1100. The summed E-state index contributed by atoms with van der Waals surface area (Å²) < 4.78 is 0. The first-order chi connectivity index (χ1) is 18.1. The Labute approximate surface area is 222 Å². The molecule has 0 aliphatic rings. The van der Waals surface area contributed by atoms with Gasteiger partial charge in [-0.3, -0.25) is 28.9 Å². The number of carbonyl (C=O) groups is 5. The molecule has 0 fully saturated rings. The quantitative estimate of drug-likeness (QED) is 0.261. The SMILES string of the molecule is C[C@@H](c1ccccc1)N(CC(=O)CN)CC(=O)NCC(=O)N(CC(=O)NCC(=O)O)[C@@H](C)c1ccccc1. The summed E-state index contributed by atoms with van der Waals surface area (Å²) in [4.78, 5) is 64.1. The molecule has 0 radical (unpaired) electrons. The summed E-state index contributed by atoms with van der Waals surface area (Å²) in [6.45, 7) is 1.92. The number of carboxylic acids is 1. The molecule has 11 nitrogen and oxygen atoms in total. The van der Waals surface area contributed by atoms with Crippen molar-refractivity contribution in [1.82, 2.24) is 20.4 Å². The van der Waals surface area contributed by atoms with Gasteiger partial charge in [-0.25, -0.2) is 0 Å². The fourth-order valence-corrected chi connectivity index (χ4v) is 3.82. The monoisotopic (exact) mass is 525 g/mol. The van der Waals surface area contributed by atoms with Gasteiger partial charge in [0.15, 0.2) is 5.78 Å². The molecule has 0 saturated heterocycles. The third-order valence-corrected chi connectivity index (χ3v) is 6.04. The van der Waals surface area contributed by atoms with E-state index in [9.17, 15) is 24.0 Å². The molecule has 0 spiro atoms. The van der Waals surface area contributed by atoms with E-state index in [0.29, 0.717) is 0 Å². The maximum Gasteiger partial charge on any atom is 0.322 e. The van der Waals surface area contributed by atoms with Crippen LogP contribution in [0.1, 0.15) is 37.1 Å². The predicted molar refractivity (Wildman–Crippen MR) is 141 cm³/mol. The van der Waals surface area contributed by atoms with Crippen molar-refractivity contribution in [2.75, 3.05) is 39.3 Å². The van der Waals surface area contributed by atoms with E-state index >= 15 is 0 Å². The number of carbonyl (C=O) groups excluding carboxylic acids is 4. The van der Waals surface area contributed by atoms with Gasteiger partial charge in [-0.05, 0) is 25.0 Å². The fraction of sp³-hybridized carbons (Fsp3) is 0.370. The molecule has 0 bridgehead atoms. The first-order valence-corrected chi connectivity index (χ1v) is 12.2. The van der Waals surface area contributed by atoms with E-state index < -0.39 is 36.3 Å². The van der Waals surface area contributed by atoms with E-state index in [1.807, 2.05) is 43.3 Å². The molecule has 0 aromatic heterocycles. The van der Waals surface area contributed by atoms with Gasteiger partial charge in [-0.15, -0.1) is 0 Å². The Balaban J connectivity index is 2.09. The minimum absolute atomic E-state index is 0.0329. The lowest BCUT2D eigenvalue weighted by Gasteiger charge is -2.30. The topological polar surface area (TPSA) is 162 Å². The molecule has 0 saturated carbocycles. The summed E-state index contributed by atoms with van der Waals surface area (Å²) in [6, 6.07) is 17.6. The van der Waals surface area contributed by atoms with Crippen molar-refractivity contribution in [2.24, 2.45) is 5.73 Å². The number of ketones is 1. The molecule has 2 aromatic rings. The van der Waals surface area contributed by atoms with Crippen LogP contribution in [0, 0.1) is 0 Å². The number of nitrogens with one attached hydrogen (secondary N) is 2. The van der Waals surface area contributed by atoms with Crippen molar-refractivity contribution in [3.8, 4) is 0 Å². The number of nitrogens with zero attached hydrogens (tertiary/aromatic N) is 2. The molecule has 2 rings (SSSR count). The van der Waals surface area contributed by atoms with Gasteiger partial charge in [-0.2, -0.15) is 0 Å². The van der Waals surface area contributed by atoms with Gasteiger partial charge < -0.3 is 26.4 Å². The molecule has 2 aromatic carbocycles. The second-order valence-electron chi connectivity index (χ2n) is 8.79. The first-order valence-electron chi connectivity index (χ1n) is 12.2. The van der Waals surface area contributed by atoms with Gasteiger partial charge in [0.05, 0.1) is 32.2 Å². The average Bonchev–Trinajstić information content (AvgIpc) is 2.93. The van der Waals surface area contributed by atoms with Crippen molar-refractivity contribution < 1.29 is 29.1 Å². The minimum atomic E-state index is -1.21. The summed E-state index contributed by atoms with van der Waals surface area (Å²) >= 11 is 0. The van der Waals surface area contributed by atoms with Crippen molar-refractivity contribution in [2.45, 2.75) is 25.9 Å². The maximum absolute atomic E-state index is 13.1. The van der Waals surface area contributed by atoms with Crippen LogP contribution in [0.4, 0.5) is 0 Å². The number of nitrogens with two attached hydrogens (primary N) is 1. The number of hydrogen-bond acceptors (Lipinski definition) is 7. The maximum atomic E-state index is 13.1. The largest absolute Gasteiger partial charge is 0.480 e. The molecule has 0 unspecified atom stereocenters. The summed E-state index contributed by atoms with van der Waals surface area (Å²) in [7, 11) is 0. The summed E-state index contributed by atoms with van der Waals surface area (Å²) in [6.07, 6.45) is 0. The highest BCUT2D eigenvalue weighted by molar-refractivity contribution is 5.90. The Hall–Kier alpha value is -4.09. The van der Waals surface area contributed by atoms with Gasteiger partial charge >= 0.3 is 5.97 Å². The number of rotatable bonds is 15. The number of benzene rings is 2. The van der Waals surface area contributed by atoms with Crippen LogP contribution in [0.2, 0.25) is 0 Å². The number of Topliss-reactive ketones (excluding diaryl/α,β-unsaturated/α-hetero) is 1. The Kier molecular flexibility index (Phi) is 12.1. The summed E-state index contributed by atoms with van der Waals surface area (Å²) in [5.74, 6) is -3.08. The molecular weight excluding hydrogens is 490 g/mol. The second-order valence-corrected chi connectivity index (χ2v) is 8.79. The van der Waals surface area contributed by atoms with E-state index in [1.54, 1.807) is 36.1 Å². The fourth-order valence-electron chi connectivity index (χ4n) is 3.82. The Morgan fingerprint density at radius 2 is 1.26 bits per heavy atom. The average molecular weight is 526 g/mol. The van der Waals surface area contributed by atoms with Gasteiger partial charge in [-0.1, -0.05) is 60.7 Å². The zero-order valence-electron chi connectivity index (χ0n) is 21.6. The normalized spacial score (nSPS) is 12.3. The standard InChI is InChI=1S/C27H35N5O6/c1-19(21-9-5-3-6-10-21)31(16-23(33)13-28)17-24(34)29-14-26(36)32(18-25(35)30-15-27(37)38)20(2)22-11-7-4-8-12-22/h3-12,19-20H,13-18,28H2,1-2H3,(H,29,34)(H,30,35)(H,37,38)/t19-,20-/m0/s1. The smallest absolute Gasteiger partial charge is 0.322 e. The molecule has 0 heterocycles. The second kappa shape index (κ2) is 15.2. The molecule has 0 aliphatic heterocycles. The molecule has 0 aliphatic carbocycles. The lowest BCUT2D eigenvalue weighted by atomic mass is 10.1. The van der Waals surface area contributed by atoms with Crippen LogP contribution in [0.15, 0.2) is 60.7 Å². The van der Waals surface area contributed by atoms with Crippen LogP contribution >= 0.6 is 0 Å². The van der Waals surface area contributed by atoms with E-state index in [0.717, 1.165) is 11.1 Å². The highest BCUT2D eigenvalue weighted by Gasteiger charge is 2.26. The number of aliphatic carboxylic acids is 1. The van der Waals surface area contributed by atoms with Crippen molar-refractivity contribution in [3.63, 3.8) is 0 Å². The van der Waals surface area contributed by atoms with E-state index in [4.69, 9.17) is 10.8 Å². The van der Waals surface area contributed by atoms with Crippen LogP contribution in [0.5, 0.6) is 0 Å². The van der Waals surface area contributed by atoms with Gasteiger partial charge in [0.1, 0.15) is 13.1 Å². The van der Waals surface area contributed by atoms with Gasteiger partial charge in [0.2, 0.25) is 17.7 Å². The van der Waals surface area contributed by atoms with Crippen LogP contribution in [-0.4, -0.2) is 83.6 Å². The Morgan fingerprint density at radius 3 is 1.79 bits per heavy atom. The van der Waals surface area contributed by atoms with Crippen molar-refractivity contribution in [3.05, 3.63) is 71.8 Å². The van der Waals surface area contributed by atoms with Crippen LogP contribution in [0.3, 0.4) is 0 Å². The van der Waals surface area contributed by atoms with Gasteiger partial charge in [0.25, 0.3) is 0 Å². The number of amides is 3. The van der Waals surface area contributed by atoms with Crippen molar-refractivity contribution in [1.29, 1.82) is 0 Å². The lowest BCUT2D eigenvalue weighted by molar-refractivity contribution is -0.140. The molecule has 5 N–H and O–H groups in total. The molecule has 38 heavy (non-hydrogen) atoms. The highest BCUT2D eigenvalue weighted by atomic mass is 16.4. The molecule has 2 atom stereocenters. The minimum Gasteiger partial charge on any atom is -0.480 e. The van der Waals surface area contributed by atoms with E-state index in [-0.39, 0.29) is 44.5 Å². The highest BCUT2D eigenvalue weighted by Crippen LogP contribution is 2.21. The zero-order valence-corrected chi connectivity index (χ0v) is 21.6. The lowest BCUT2D eigenvalue weighted by Crippen LogP contribution is -2.48. The van der Waals surface area contributed by atoms with Crippen LogP contribution in [-0.2, 0) is 24.0 Å². The summed E-state index contributed by atoms with van der Waals surface area (Å²) in [5.41, 5.74) is 7.16. The Morgan fingerprint density at radius 1 is 0.763 bits per heavy atom.